The first kappa shape index (κ1) is 14.4. The highest BCUT2D eigenvalue weighted by Crippen LogP contribution is 2.12. The van der Waals surface area contributed by atoms with Gasteiger partial charge in [-0.15, -0.1) is 0 Å². The van der Waals surface area contributed by atoms with Gasteiger partial charge in [0.05, 0.1) is 6.04 Å². The van der Waals surface area contributed by atoms with Gasteiger partial charge < -0.3 is 10.6 Å². The zero-order chi connectivity index (χ0) is 12.0. The minimum absolute atomic E-state index is 0.0815. The Balaban J connectivity index is 4.42. The van der Waals surface area contributed by atoms with Crippen LogP contribution in [0.1, 0.15) is 47.0 Å². The summed E-state index contributed by atoms with van der Waals surface area (Å²) in [5.74, 6) is 0.340. The zero-order valence-electron chi connectivity index (χ0n) is 10.8. The summed E-state index contributed by atoms with van der Waals surface area (Å²) in [7, 11) is 1.86. The quantitative estimate of drug-likeness (QED) is 0.735. The Labute approximate surface area is 94.0 Å². The molecule has 2 atom stereocenters. The predicted octanol–water partition coefficient (Wildman–Crippen LogP) is 2.01. The molecule has 0 radical (unpaired) electrons. The summed E-state index contributed by atoms with van der Waals surface area (Å²) in [5, 5.41) is 0. The molecule has 0 aromatic heterocycles. The molecule has 0 aromatic carbocycles. The summed E-state index contributed by atoms with van der Waals surface area (Å²) in [5.41, 5.74) is 5.93. The fourth-order valence-corrected chi connectivity index (χ4v) is 1.75. The van der Waals surface area contributed by atoms with E-state index < -0.39 is 0 Å². The summed E-state index contributed by atoms with van der Waals surface area (Å²) < 4.78 is 0. The molecular weight excluding hydrogens is 188 g/mol. The molecule has 3 nitrogen and oxygen atoms in total. The molecule has 15 heavy (non-hydrogen) atoms. The van der Waals surface area contributed by atoms with Crippen molar-refractivity contribution in [2.24, 2.45) is 11.7 Å². The third-order valence-corrected chi connectivity index (χ3v) is 3.38. The third kappa shape index (κ3) is 3.82. The first-order valence-electron chi connectivity index (χ1n) is 6.01. The second kappa shape index (κ2) is 6.83. The lowest BCUT2D eigenvalue weighted by Crippen LogP contribution is -2.48. The normalized spacial score (nSPS) is 15.1. The van der Waals surface area contributed by atoms with Gasteiger partial charge in [0, 0.05) is 13.1 Å². The van der Waals surface area contributed by atoms with E-state index in [4.69, 9.17) is 5.73 Å². The molecule has 3 heteroatoms. The van der Waals surface area contributed by atoms with Crippen LogP contribution in [0.25, 0.3) is 0 Å². The summed E-state index contributed by atoms with van der Waals surface area (Å²) in [6.07, 6.45) is 2.93. The largest absolute Gasteiger partial charge is 0.341 e. The Morgan fingerprint density at radius 3 is 2.00 bits per heavy atom. The van der Waals surface area contributed by atoms with Gasteiger partial charge in [0.15, 0.2) is 0 Å². The number of carbonyl (C=O) groups is 1. The van der Waals surface area contributed by atoms with E-state index in [1.165, 1.54) is 0 Å². The lowest BCUT2D eigenvalue weighted by Gasteiger charge is -2.30. The fraction of sp³-hybridized carbons (Fsp3) is 0.917. The van der Waals surface area contributed by atoms with Crippen LogP contribution in [0.15, 0.2) is 0 Å². The lowest BCUT2D eigenvalue weighted by molar-refractivity contribution is -0.134. The Morgan fingerprint density at radius 2 is 1.67 bits per heavy atom. The Bertz CT molecular complexity index is 190. The minimum atomic E-state index is -0.347. The molecule has 0 saturated heterocycles. The Morgan fingerprint density at radius 1 is 1.20 bits per heavy atom. The molecule has 0 heterocycles. The van der Waals surface area contributed by atoms with Crippen molar-refractivity contribution in [3.8, 4) is 0 Å². The van der Waals surface area contributed by atoms with Crippen LogP contribution in [0.2, 0.25) is 0 Å². The smallest absolute Gasteiger partial charge is 0.239 e. The number of nitrogens with two attached hydrogens (primary N) is 1. The molecule has 0 aromatic rings. The Hall–Kier alpha value is -0.570. The van der Waals surface area contributed by atoms with Gasteiger partial charge in [-0.25, -0.2) is 0 Å². The maximum atomic E-state index is 12.0. The van der Waals surface area contributed by atoms with Crippen molar-refractivity contribution >= 4 is 5.91 Å². The van der Waals surface area contributed by atoms with E-state index in [1.54, 1.807) is 0 Å². The molecule has 2 unspecified atom stereocenters. The molecule has 0 bridgehead atoms. The topological polar surface area (TPSA) is 46.3 Å². The first-order valence-corrected chi connectivity index (χ1v) is 6.01. The summed E-state index contributed by atoms with van der Waals surface area (Å²) in [6.45, 7) is 8.30. The van der Waals surface area contributed by atoms with Crippen LogP contribution in [-0.2, 0) is 4.79 Å². The van der Waals surface area contributed by atoms with Crippen LogP contribution in [0, 0.1) is 5.92 Å². The van der Waals surface area contributed by atoms with Crippen LogP contribution in [0.4, 0.5) is 0 Å². The highest BCUT2D eigenvalue weighted by Gasteiger charge is 2.25. The zero-order valence-corrected chi connectivity index (χ0v) is 10.8. The van der Waals surface area contributed by atoms with Gasteiger partial charge in [-0.05, 0) is 18.8 Å². The number of hydrogen-bond donors (Lipinski definition) is 1. The lowest BCUT2D eigenvalue weighted by atomic mass is 9.98. The maximum absolute atomic E-state index is 12.0. The van der Waals surface area contributed by atoms with Gasteiger partial charge in [0.2, 0.25) is 5.91 Å². The number of rotatable bonds is 6. The van der Waals surface area contributed by atoms with Gasteiger partial charge in [-0.2, -0.15) is 0 Å². The van der Waals surface area contributed by atoms with Crippen LogP contribution in [0.3, 0.4) is 0 Å². The van der Waals surface area contributed by atoms with Crippen molar-refractivity contribution in [2.45, 2.75) is 59.0 Å². The minimum Gasteiger partial charge on any atom is -0.341 e. The van der Waals surface area contributed by atoms with Crippen molar-refractivity contribution in [2.75, 3.05) is 7.05 Å². The van der Waals surface area contributed by atoms with Gasteiger partial charge in [-0.3, -0.25) is 4.79 Å². The van der Waals surface area contributed by atoms with E-state index in [2.05, 4.69) is 20.8 Å². The molecule has 1 amide bonds. The number of amides is 1. The molecule has 0 aliphatic carbocycles. The van der Waals surface area contributed by atoms with Crippen molar-refractivity contribution in [3.63, 3.8) is 0 Å². The predicted molar refractivity (Wildman–Crippen MR) is 64.6 cm³/mol. The molecule has 0 spiro atoms. The molecule has 0 aliphatic rings. The van der Waals surface area contributed by atoms with Crippen LogP contribution in [0.5, 0.6) is 0 Å². The summed E-state index contributed by atoms with van der Waals surface area (Å²) in [4.78, 5) is 13.8. The van der Waals surface area contributed by atoms with Crippen molar-refractivity contribution < 1.29 is 4.79 Å². The molecule has 0 fully saturated rings. The number of carbonyl (C=O) groups excluding carboxylic acids is 1. The van der Waals surface area contributed by atoms with E-state index in [-0.39, 0.29) is 17.9 Å². The highest BCUT2D eigenvalue weighted by atomic mass is 16.2. The SMILES string of the molecule is CCC(C)C(N)C(=O)N(C)C(CC)CC. The van der Waals surface area contributed by atoms with Gasteiger partial charge in [0.25, 0.3) is 0 Å². The van der Waals surface area contributed by atoms with E-state index in [9.17, 15) is 4.79 Å². The number of nitrogens with zero attached hydrogens (tertiary/aromatic N) is 1. The van der Waals surface area contributed by atoms with E-state index in [0.29, 0.717) is 6.04 Å². The van der Waals surface area contributed by atoms with E-state index >= 15 is 0 Å². The van der Waals surface area contributed by atoms with Crippen LogP contribution < -0.4 is 5.73 Å². The third-order valence-electron chi connectivity index (χ3n) is 3.38. The van der Waals surface area contributed by atoms with Gasteiger partial charge in [-0.1, -0.05) is 34.1 Å². The fourth-order valence-electron chi connectivity index (χ4n) is 1.75. The number of hydrogen-bond acceptors (Lipinski definition) is 2. The second-order valence-corrected chi connectivity index (χ2v) is 4.33. The van der Waals surface area contributed by atoms with Gasteiger partial charge in [0.1, 0.15) is 0 Å². The summed E-state index contributed by atoms with van der Waals surface area (Å²) >= 11 is 0. The van der Waals surface area contributed by atoms with Crippen molar-refractivity contribution in [1.29, 1.82) is 0 Å². The number of likely N-dealkylation sites (N-methyl/N-ethyl adjacent to an activating group) is 1. The summed E-state index contributed by atoms with van der Waals surface area (Å²) in [6, 6.07) is -0.0202. The average molecular weight is 214 g/mol. The maximum Gasteiger partial charge on any atom is 0.239 e. The standard InChI is InChI=1S/C12H26N2O/c1-6-9(4)11(13)12(15)14(5)10(7-2)8-3/h9-11H,6-8,13H2,1-5H3. The van der Waals surface area contributed by atoms with Gasteiger partial charge >= 0.3 is 0 Å². The molecule has 0 rings (SSSR count). The monoisotopic (exact) mass is 214 g/mol. The van der Waals surface area contributed by atoms with Crippen molar-refractivity contribution in [3.05, 3.63) is 0 Å². The molecule has 0 saturated carbocycles. The average Bonchev–Trinajstić information content (AvgIpc) is 2.27. The van der Waals surface area contributed by atoms with Crippen LogP contribution >= 0.6 is 0 Å². The molecule has 2 N–H and O–H groups in total. The van der Waals surface area contributed by atoms with E-state index in [1.807, 2.05) is 18.9 Å². The van der Waals surface area contributed by atoms with Crippen molar-refractivity contribution in [1.82, 2.24) is 4.90 Å². The Kier molecular flexibility index (Phi) is 6.57. The first-order chi connectivity index (χ1) is 6.99. The highest BCUT2D eigenvalue weighted by molar-refractivity contribution is 5.82. The van der Waals surface area contributed by atoms with E-state index in [0.717, 1.165) is 19.3 Å². The molecular formula is C12H26N2O. The van der Waals surface area contributed by atoms with Crippen LogP contribution in [-0.4, -0.2) is 29.9 Å². The molecule has 0 aliphatic heterocycles. The second-order valence-electron chi connectivity index (χ2n) is 4.33. The molecule has 90 valence electrons.